The molecule has 1 aromatic heterocycles. The average molecular weight is 148 g/mol. The summed E-state index contributed by atoms with van der Waals surface area (Å²) in [5, 5.41) is 10.9. The lowest BCUT2D eigenvalue weighted by molar-refractivity contribution is 1.27. The van der Waals surface area contributed by atoms with Gasteiger partial charge in [-0.15, -0.1) is 11.3 Å². The molecule has 48 valence electrons. The maximum absolute atomic E-state index is 8.09. The molecule has 0 aromatic carbocycles. The van der Waals surface area contributed by atoms with Crippen LogP contribution in [0, 0.1) is 30.1 Å². The number of hydrogen-bond donors (Lipinski definition) is 0. The van der Waals surface area contributed by atoms with Gasteiger partial charge in [0.25, 0.3) is 0 Å². The van der Waals surface area contributed by atoms with Crippen LogP contribution >= 0.6 is 11.3 Å². The van der Waals surface area contributed by atoms with Crippen LogP contribution in [0.3, 0.4) is 0 Å². The molecule has 0 unspecified atom stereocenters. The van der Waals surface area contributed by atoms with Crippen molar-refractivity contribution in [1.82, 2.24) is 4.98 Å². The smallest absolute Gasteiger partial charge is 0.152 e. The van der Waals surface area contributed by atoms with Crippen LogP contribution < -0.4 is 0 Å². The van der Waals surface area contributed by atoms with Gasteiger partial charge in [0.2, 0.25) is 0 Å². The Morgan fingerprint density at radius 3 is 3.00 bits per heavy atom. The van der Waals surface area contributed by atoms with Crippen LogP contribution in [0.5, 0.6) is 0 Å². The van der Waals surface area contributed by atoms with E-state index in [0.717, 1.165) is 5.01 Å². The summed E-state index contributed by atoms with van der Waals surface area (Å²) in [4.78, 5) is 4.04. The fourth-order valence-electron chi connectivity index (χ4n) is 0.513. The van der Waals surface area contributed by atoms with Crippen molar-refractivity contribution in [3.8, 4) is 17.9 Å². The van der Waals surface area contributed by atoms with Crippen molar-refractivity contribution in [2.75, 3.05) is 0 Å². The minimum Gasteiger partial charge on any atom is -0.233 e. The summed E-state index contributed by atoms with van der Waals surface area (Å²) in [6, 6.07) is 1.73. The zero-order valence-corrected chi connectivity index (χ0v) is 6.20. The summed E-state index contributed by atoms with van der Waals surface area (Å²) in [5.41, 5.74) is 0.684. The van der Waals surface area contributed by atoms with Gasteiger partial charge in [-0.25, -0.2) is 4.98 Å². The zero-order valence-electron chi connectivity index (χ0n) is 5.38. The van der Waals surface area contributed by atoms with Gasteiger partial charge in [0.05, 0.1) is 5.01 Å². The van der Waals surface area contributed by atoms with Gasteiger partial charge in [-0.1, -0.05) is 0 Å². The van der Waals surface area contributed by atoms with E-state index >= 15 is 0 Å². The first kappa shape index (κ1) is 6.80. The lowest BCUT2D eigenvalue weighted by Crippen LogP contribution is -1.71. The third kappa shape index (κ3) is 1.58. The highest BCUT2D eigenvalue weighted by atomic mass is 32.1. The highest BCUT2D eigenvalue weighted by Crippen LogP contribution is 2.05. The molecular weight excluding hydrogens is 144 g/mol. The number of aromatic nitrogens is 1. The van der Waals surface area contributed by atoms with E-state index in [1.54, 1.807) is 6.07 Å². The Balaban J connectivity index is 2.89. The quantitative estimate of drug-likeness (QED) is 0.520. The summed E-state index contributed by atoms with van der Waals surface area (Å²) in [6.07, 6.45) is 0. The number of hydrogen-bond acceptors (Lipinski definition) is 3. The maximum Gasteiger partial charge on any atom is 0.152 e. The largest absolute Gasteiger partial charge is 0.233 e. The number of thiazole rings is 1. The Kier molecular flexibility index (Phi) is 2.04. The average Bonchev–Trinajstić information content (AvgIpc) is 2.31. The number of aryl methyl sites for hydroxylation is 1. The Morgan fingerprint density at radius 2 is 2.50 bits per heavy atom. The van der Waals surface area contributed by atoms with Crippen molar-refractivity contribution in [3.63, 3.8) is 0 Å². The standard InChI is InChI=1S/C7H4N2S/c1-6-9-7(5-10-6)3-2-4-8/h5H,1H3. The summed E-state index contributed by atoms with van der Waals surface area (Å²) in [5.74, 6) is 4.88. The van der Waals surface area contributed by atoms with E-state index in [4.69, 9.17) is 5.26 Å². The molecule has 0 aliphatic rings. The van der Waals surface area contributed by atoms with Gasteiger partial charge < -0.3 is 0 Å². The van der Waals surface area contributed by atoms with Gasteiger partial charge in [0.1, 0.15) is 5.69 Å². The van der Waals surface area contributed by atoms with Crippen LogP contribution in [-0.4, -0.2) is 4.98 Å². The van der Waals surface area contributed by atoms with Crippen LogP contribution in [0.25, 0.3) is 0 Å². The molecule has 0 N–H and O–H groups in total. The molecule has 3 heteroatoms. The van der Waals surface area contributed by atoms with E-state index in [2.05, 4.69) is 16.8 Å². The third-order valence-corrected chi connectivity index (χ3v) is 1.64. The lowest BCUT2D eigenvalue weighted by Gasteiger charge is -1.71. The van der Waals surface area contributed by atoms with Crippen molar-refractivity contribution in [2.24, 2.45) is 0 Å². The van der Waals surface area contributed by atoms with Crippen molar-refractivity contribution in [1.29, 1.82) is 5.26 Å². The molecule has 1 rings (SSSR count). The minimum absolute atomic E-state index is 0.684. The molecule has 0 radical (unpaired) electrons. The Morgan fingerprint density at radius 1 is 1.70 bits per heavy atom. The monoisotopic (exact) mass is 148 g/mol. The topological polar surface area (TPSA) is 36.7 Å². The van der Waals surface area contributed by atoms with E-state index < -0.39 is 0 Å². The van der Waals surface area contributed by atoms with Gasteiger partial charge >= 0.3 is 0 Å². The van der Waals surface area contributed by atoms with Gasteiger partial charge in [-0.2, -0.15) is 5.26 Å². The lowest BCUT2D eigenvalue weighted by atomic mass is 10.5. The van der Waals surface area contributed by atoms with E-state index in [-0.39, 0.29) is 0 Å². The SMILES string of the molecule is Cc1nc(C#CC#N)cs1. The summed E-state index contributed by atoms with van der Waals surface area (Å²) in [6.45, 7) is 1.90. The molecule has 0 aliphatic carbocycles. The molecule has 2 nitrogen and oxygen atoms in total. The third-order valence-electron chi connectivity index (χ3n) is 0.865. The summed E-state index contributed by atoms with van der Waals surface area (Å²) < 4.78 is 0. The molecule has 10 heavy (non-hydrogen) atoms. The molecular formula is C7H4N2S. The first-order valence-electron chi connectivity index (χ1n) is 2.65. The van der Waals surface area contributed by atoms with E-state index in [1.165, 1.54) is 11.3 Å². The molecule has 1 aromatic rings. The maximum atomic E-state index is 8.09. The second-order valence-electron chi connectivity index (χ2n) is 1.61. The molecule has 0 fully saturated rings. The van der Waals surface area contributed by atoms with Crippen LogP contribution in [0.4, 0.5) is 0 Å². The van der Waals surface area contributed by atoms with Crippen molar-refractivity contribution in [2.45, 2.75) is 6.92 Å². The van der Waals surface area contributed by atoms with Crippen molar-refractivity contribution < 1.29 is 0 Å². The van der Waals surface area contributed by atoms with E-state index in [1.807, 2.05) is 12.3 Å². The molecule has 0 bridgehead atoms. The molecule has 0 atom stereocenters. The highest BCUT2D eigenvalue weighted by molar-refractivity contribution is 7.09. The first-order chi connectivity index (χ1) is 4.83. The summed E-state index contributed by atoms with van der Waals surface area (Å²) >= 11 is 1.53. The van der Waals surface area contributed by atoms with Gasteiger partial charge in [0, 0.05) is 11.3 Å². The predicted octanol–water partition coefficient (Wildman–Crippen LogP) is 1.33. The number of nitrogens with zero attached hydrogens (tertiary/aromatic N) is 2. The minimum atomic E-state index is 0.684. The molecule has 0 saturated heterocycles. The van der Waals surface area contributed by atoms with Crippen LogP contribution in [-0.2, 0) is 0 Å². The predicted molar refractivity (Wildman–Crippen MR) is 39.3 cm³/mol. The molecule has 0 saturated carbocycles. The normalized spacial score (nSPS) is 7.60. The van der Waals surface area contributed by atoms with Crippen LogP contribution in [0.2, 0.25) is 0 Å². The highest BCUT2D eigenvalue weighted by Gasteiger charge is 1.90. The van der Waals surface area contributed by atoms with Gasteiger partial charge in [-0.3, -0.25) is 0 Å². The van der Waals surface area contributed by atoms with Crippen molar-refractivity contribution in [3.05, 3.63) is 16.1 Å². The fraction of sp³-hybridized carbons (Fsp3) is 0.143. The van der Waals surface area contributed by atoms with Gasteiger partial charge in [-0.05, 0) is 12.8 Å². The van der Waals surface area contributed by atoms with Crippen molar-refractivity contribution >= 4 is 11.3 Å². The van der Waals surface area contributed by atoms with E-state index in [0.29, 0.717) is 5.69 Å². The second-order valence-corrected chi connectivity index (χ2v) is 2.68. The number of rotatable bonds is 0. The second kappa shape index (κ2) is 3.00. The molecule has 0 amide bonds. The first-order valence-corrected chi connectivity index (χ1v) is 3.53. The van der Waals surface area contributed by atoms with E-state index in [9.17, 15) is 0 Å². The molecule has 0 spiro atoms. The van der Waals surface area contributed by atoms with Crippen LogP contribution in [0.1, 0.15) is 10.7 Å². The Hall–Kier alpha value is -1.32. The Labute approximate surface area is 63.1 Å². The summed E-state index contributed by atoms with van der Waals surface area (Å²) in [7, 11) is 0. The fourth-order valence-corrected chi connectivity index (χ4v) is 1.06. The Bertz CT molecular complexity index is 321. The van der Waals surface area contributed by atoms with Gasteiger partial charge in [0.15, 0.2) is 6.07 Å². The zero-order chi connectivity index (χ0) is 7.40. The molecule has 1 heterocycles. The van der Waals surface area contributed by atoms with Crippen LogP contribution in [0.15, 0.2) is 5.38 Å². The molecule has 0 aliphatic heterocycles. The number of nitriles is 1.